The van der Waals surface area contributed by atoms with Crippen molar-refractivity contribution in [2.24, 2.45) is 11.7 Å². The Kier molecular flexibility index (Phi) is 4.27. The van der Waals surface area contributed by atoms with Crippen LogP contribution < -0.4 is 15.8 Å². The normalized spacial score (nSPS) is 23.0. The van der Waals surface area contributed by atoms with Crippen LogP contribution in [0.5, 0.6) is 5.75 Å². The Balaban J connectivity index is 2.01. The van der Waals surface area contributed by atoms with E-state index in [1.54, 1.807) is 12.0 Å². The van der Waals surface area contributed by atoms with Crippen LogP contribution in [0.15, 0.2) is 24.3 Å². The summed E-state index contributed by atoms with van der Waals surface area (Å²) in [7, 11) is 1.59. The highest BCUT2D eigenvalue weighted by atomic mass is 16.5. The molecule has 2 rings (SSSR count). The molecule has 1 aromatic rings. The molecule has 1 heterocycles. The molecule has 1 aliphatic rings. The summed E-state index contributed by atoms with van der Waals surface area (Å²) in [6, 6.07) is 7.31. The van der Waals surface area contributed by atoms with Gasteiger partial charge in [0.05, 0.1) is 12.8 Å². The smallest absolute Gasteiger partial charge is 0.322 e. The predicted octanol–water partition coefficient (Wildman–Crippen LogP) is 1.90. The van der Waals surface area contributed by atoms with Gasteiger partial charge in [0.2, 0.25) is 0 Å². The second kappa shape index (κ2) is 5.93. The van der Waals surface area contributed by atoms with Gasteiger partial charge in [-0.15, -0.1) is 0 Å². The van der Waals surface area contributed by atoms with Crippen LogP contribution in [0.4, 0.5) is 10.5 Å². The second-order valence-electron chi connectivity index (χ2n) is 5.01. The van der Waals surface area contributed by atoms with Crippen molar-refractivity contribution in [2.45, 2.75) is 19.4 Å². The number of hydrogen-bond acceptors (Lipinski definition) is 3. The van der Waals surface area contributed by atoms with Crippen molar-refractivity contribution >= 4 is 11.7 Å². The number of ether oxygens (including phenoxy) is 1. The van der Waals surface area contributed by atoms with Crippen molar-refractivity contribution < 1.29 is 9.53 Å². The number of nitrogens with two attached hydrogens (primary N) is 1. The zero-order chi connectivity index (χ0) is 13.8. The van der Waals surface area contributed by atoms with Gasteiger partial charge in [0.1, 0.15) is 5.75 Å². The number of nitrogens with one attached hydrogen (secondary N) is 1. The standard InChI is InChI=1S/C14H21N3O2/c1-10-7-8-17(9-11(10)15)14(18)16-12-5-3-4-6-13(12)19-2/h3-6,10-11H,7-9,15H2,1-2H3,(H,16,18). The Hall–Kier alpha value is -1.75. The van der Waals surface area contributed by atoms with Crippen LogP contribution in [0.2, 0.25) is 0 Å². The maximum atomic E-state index is 12.2. The molecule has 1 aromatic carbocycles. The van der Waals surface area contributed by atoms with Gasteiger partial charge in [-0.05, 0) is 24.5 Å². The van der Waals surface area contributed by atoms with Gasteiger partial charge in [0.15, 0.2) is 0 Å². The van der Waals surface area contributed by atoms with E-state index >= 15 is 0 Å². The first kappa shape index (κ1) is 13.7. The van der Waals surface area contributed by atoms with E-state index in [-0.39, 0.29) is 12.1 Å². The number of carbonyl (C=O) groups excluding carboxylic acids is 1. The summed E-state index contributed by atoms with van der Waals surface area (Å²) in [5.41, 5.74) is 6.69. The second-order valence-corrected chi connectivity index (χ2v) is 5.01. The number of benzene rings is 1. The largest absolute Gasteiger partial charge is 0.495 e. The quantitative estimate of drug-likeness (QED) is 0.856. The third kappa shape index (κ3) is 3.17. The number of hydrogen-bond donors (Lipinski definition) is 2. The monoisotopic (exact) mass is 263 g/mol. The predicted molar refractivity (Wildman–Crippen MR) is 75.3 cm³/mol. The minimum absolute atomic E-state index is 0.0529. The highest BCUT2D eigenvalue weighted by molar-refractivity contribution is 5.91. The SMILES string of the molecule is COc1ccccc1NC(=O)N1CCC(C)C(N)C1. The van der Waals surface area contributed by atoms with Gasteiger partial charge in [-0.1, -0.05) is 19.1 Å². The molecule has 104 valence electrons. The fraction of sp³-hybridized carbons (Fsp3) is 0.500. The highest BCUT2D eigenvalue weighted by Gasteiger charge is 2.26. The zero-order valence-corrected chi connectivity index (χ0v) is 11.4. The lowest BCUT2D eigenvalue weighted by molar-refractivity contribution is 0.174. The molecular weight excluding hydrogens is 242 g/mol. The van der Waals surface area contributed by atoms with E-state index in [0.717, 1.165) is 13.0 Å². The van der Waals surface area contributed by atoms with Gasteiger partial charge in [0, 0.05) is 19.1 Å². The van der Waals surface area contributed by atoms with Crippen LogP contribution in [-0.4, -0.2) is 37.2 Å². The molecule has 19 heavy (non-hydrogen) atoms. The third-order valence-corrected chi connectivity index (χ3v) is 3.65. The molecule has 0 radical (unpaired) electrons. The van der Waals surface area contributed by atoms with Crippen LogP contribution in [-0.2, 0) is 0 Å². The van der Waals surface area contributed by atoms with Crippen molar-refractivity contribution in [2.75, 3.05) is 25.5 Å². The molecule has 5 heteroatoms. The average molecular weight is 263 g/mol. The number of amides is 2. The summed E-state index contributed by atoms with van der Waals surface area (Å²) in [6.07, 6.45) is 0.945. The summed E-state index contributed by atoms with van der Waals surface area (Å²) in [5, 5.41) is 2.87. The molecule has 1 aliphatic heterocycles. The Labute approximate surface area is 113 Å². The van der Waals surface area contributed by atoms with Crippen molar-refractivity contribution in [3.05, 3.63) is 24.3 Å². The first-order chi connectivity index (χ1) is 9.11. The van der Waals surface area contributed by atoms with E-state index in [4.69, 9.17) is 10.5 Å². The number of urea groups is 1. The van der Waals surface area contributed by atoms with E-state index in [1.807, 2.05) is 24.3 Å². The van der Waals surface area contributed by atoms with Crippen molar-refractivity contribution in [3.8, 4) is 5.75 Å². The third-order valence-electron chi connectivity index (χ3n) is 3.65. The van der Waals surface area contributed by atoms with Crippen LogP contribution in [0.25, 0.3) is 0 Å². The van der Waals surface area contributed by atoms with Gasteiger partial charge in [0.25, 0.3) is 0 Å². The molecule has 2 amide bonds. The summed E-state index contributed by atoms with van der Waals surface area (Å²) in [4.78, 5) is 14.0. The molecule has 0 bridgehead atoms. The average Bonchev–Trinajstić information content (AvgIpc) is 2.42. The zero-order valence-electron chi connectivity index (χ0n) is 11.4. The molecule has 5 nitrogen and oxygen atoms in total. The molecule has 2 atom stereocenters. The number of likely N-dealkylation sites (tertiary alicyclic amines) is 1. The fourth-order valence-electron chi connectivity index (χ4n) is 2.23. The van der Waals surface area contributed by atoms with Crippen LogP contribution in [0.1, 0.15) is 13.3 Å². The number of para-hydroxylation sites is 2. The Morgan fingerprint density at radius 1 is 1.47 bits per heavy atom. The summed E-state index contributed by atoms with van der Waals surface area (Å²) >= 11 is 0. The van der Waals surface area contributed by atoms with E-state index in [1.165, 1.54) is 0 Å². The number of piperidine rings is 1. The molecule has 2 unspecified atom stereocenters. The maximum Gasteiger partial charge on any atom is 0.322 e. The van der Waals surface area contributed by atoms with E-state index < -0.39 is 0 Å². The van der Waals surface area contributed by atoms with Gasteiger partial charge in [-0.2, -0.15) is 0 Å². The molecule has 1 saturated heterocycles. The molecular formula is C14H21N3O2. The van der Waals surface area contributed by atoms with Gasteiger partial charge in [-0.3, -0.25) is 0 Å². The van der Waals surface area contributed by atoms with Crippen molar-refractivity contribution in [1.82, 2.24) is 4.90 Å². The van der Waals surface area contributed by atoms with Crippen LogP contribution in [0, 0.1) is 5.92 Å². The maximum absolute atomic E-state index is 12.2. The molecule has 0 aliphatic carbocycles. The Bertz CT molecular complexity index is 450. The first-order valence-electron chi connectivity index (χ1n) is 6.56. The fourth-order valence-corrected chi connectivity index (χ4v) is 2.23. The number of anilines is 1. The highest BCUT2D eigenvalue weighted by Crippen LogP contribution is 2.24. The number of rotatable bonds is 2. The Morgan fingerprint density at radius 3 is 2.89 bits per heavy atom. The summed E-state index contributed by atoms with van der Waals surface area (Å²) in [6.45, 7) is 3.47. The topological polar surface area (TPSA) is 67.6 Å². The van der Waals surface area contributed by atoms with Gasteiger partial charge >= 0.3 is 6.03 Å². The lowest BCUT2D eigenvalue weighted by Crippen LogP contribution is -2.50. The number of carbonyl (C=O) groups is 1. The van der Waals surface area contributed by atoms with Gasteiger partial charge < -0.3 is 20.7 Å². The number of nitrogens with zero attached hydrogens (tertiary/aromatic N) is 1. The Morgan fingerprint density at radius 2 is 2.21 bits per heavy atom. The first-order valence-corrected chi connectivity index (χ1v) is 6.56. The van der Waals surface area contributed by atoms with Crippen LogP contribution >= 0.6 is 0 Å². The van der Waals surface area contributed by atoms with Crippen molar-refractivity contribution in [1.29, 1.82) is 0 Å². The molecule has 0 aromatic heterocycles. The molecule has 1 fully saturated rings. The van der Waals surface area contributed by atoms with E-state index in [0.29, 0.717) is 23.9 Å². The molecule has 3 N–H and O–H groups in total. The minimum atomic E-state index is -0.119. The lowest BCUT2D eigenvalue weighted by atomic mass is 9.94. The lowest BCUT2D eigenvalue weighted by Gasteiger charge is -2.35. The minimum Gasteiger partial charge on any atom is -0.495 e. The van der Waals surface area contributed by atoms with E-state index in [9.17, 15) is 4.79 Å². The van der Waals surface area contributed by atoms with Crippen molar-refractivity contribution in [3.63, 3.8) is 0 Å². The van der Waals surface area contributed by atoms with Gasteiger partial charge in [-0.25, -0.2) is 4.79 Å². The summed E-state index contributed by atoms with van der Waals surface area (Å²) < 4.78 is 5.21. The van der Waals surface area contributed by atoms with Crippen LogP contribution in [0.3, 0.4) is 0 Å². The van der Waals surface area contributed by atoms with E-state index in [2.05, 4.69) is 12.2 Å². The molecule has 0 saturated carbocycles. The number of methoxy groups -OCH3 is 1. The molecule has 0 spiro atoms. The summed E-state index contributed by atoms with van der Waals surface area (Å²) in [5.74, 6) is 1.13.